The van der Waals surface area contributed by atoms with Crippen LogP contribution in [0, 0.1) is 0 Å². The van der Waals surface area contributed by atoms with Crippen molar-refractivity contribution in [2.75, 3.05) is 14.1 Å². The third kappa shape index (κ3) is 2.87. The fourth-order valence-corrected chi connectivity index (χ4v) is 2.50. The van der Waals surface area contributed by atoms with Gasteiger partial charge in [0.2, 0.25) is 0 Å². The Bertz CT molecular complexity index is 588. The highest BCUT2D eigenvalue weighted by Gasteiger charge is 2.24. The molecular weight excluding hydrogens is 246 g/mol. The lowest BCUT2D eigenvalue weighted by atomic mass is 9.92. The first-order valence-electron chi connectivity index (χ1n) is 7.79. The van der Waals surface area contributed by atoms with E-state index in [-0.39, 0.29) is 23.3 Å². The number of methoxy groups -OCH3 is 2. The van der Waals surface area contributed by atoms with Gasteiger partial charge in [-0.1, -0.05) is 0 Å². The van der Waals surface area contributed by atoms with Crippen LogP contribution >= 0.6 is 0 Å². The van der Waals surface area contributed by atoms with E-state index in [1.807, 2.05) is 0 Å². The molecule has 1 aliphatic rings. The molecular formula is C14H19NO4. The van der Waals surface area contributed by atoms with Crippen LogP contribution < -0.4 is 5.56 Å². The minimum atomic E-state index is -2.39. The van der Waals surface area contributed by atoms with Crippen molar-refractivity contribution in [1.29, 1.82) is 0 Å². The molecule has 1 aromatic heterocycles. The highest BCUT2D eigenvalue weighted by molar-refractivity contribution is 5.88. The van der Waals surface area contributed by atoms with Gasteiger partial charge >= 0.3 is 5.97 Å². The zero-order valence-electron chi connectivity index (χ0n) is 13.8. The molecule has 1 aromatic rings. The molecule has 0 aliphatic heterocycles. The molecule has 104 valence electrons. The maximum Gasteiger partial charge on any atom is 0.343 e. The molecule has 0 spiro atoms. The Kier molecular flexibility index (Phi) is 3.23. The Morgan fingerprint density at radius 2 is 2.16 bits per heavy atom. The van der Waals surface area contributed by atoms with E-state index in [1.54, 1.807) is 12.3 Å². The summed E-state index contributed by atoms with van der Waals surface area (Å²) in [6, 6.07) is 3.01. The highest BCUT2D eigenvalue weighted by Crippen LogP contribution is 2.28. The number of nitrogens with zero attached hydrogens (tertiary/aromatic N) is 1. The van der Waals surface area contributed by atoms with E-state index in [4.69, 9.17) is 8.85 Å². The SMILES string of the molecule is [2H]C([2H])([2H])OC1CCC(n2cccc(C(=O)OC)c2=O)CC1. The lowest BCUT2D eigenvalue weighted by Crippen LogP contribution is -2.32. The van der Waals surface area contributed by atoms with Gasteiger partial charge in [0, 0.05) is 19.3 Å². The predicted molar refractivity (Wildman–Crippen MR) is 70.3 cm³/mol. The Morgan fingerprint density at radius 3 is 2.79 bits per heavy atom. The summed E-state index contributed by atoms with van der Waals surface area (Å²) in [5, 5.41) is 0. The molecule has 0 radical (unpaired) electrons. The molecule has 0 amide bonds. The van der Waals surface area contributed by atoms with Crippen molar-refractivity contribution in [3.05, 3.63) is 34.2 Å². The first-order chi connectivity index (χ1) is 10.3. The summed E-state index contributed by atoms with van der Waals surface area (Å²) in [6.45, 7) is 0. The van der Waals surface area contributed by atoms with Crippen molar-refractivity contribution < 1.29 is 18.4 Å². The van der Waals surface area contributed by atoms with Crippen LogP contribution in [0.1, 0.15) is 46.2 Å². The normalized spacial score (nSPS) is 26.1. The third-order valence-corrected chi connectivity index (χ3v) is 3.58. The fraction of sp³-hybridized carbons (Fsp3) is 0.571. The van der Waals surface area contributed by atoms with E-state index in [2.05, 4.69) is 4.74 Å². The number of hydrogen-bond donors (Lipinski definition) is 0. The number of aromatic nitrogens is 1. The van der Waals surface area contributed by atoms with Crippen LogP contribution in [0.15, 0.2) is 23.1 Å². The summed E-state index contributed by atoms with van der Waals surface area (Å²) in [5.41, 5.74) is -0.375. The Balaban J connectivity index is 2.09. The fourth-order valence-electron chi connectivity index (χ4n) is 2.50. The molecule has 2 rings (SSSR count). The maximum absolute atomic E-state index is 12.3. The quantitative estimate of drug-likeness (QED) is 0.784. The third-order valence-electron chi connectivity index (χ3n) is 3.58. The molecule has 19 heavy (non-hydrogen) atoms. The first-order valence-corrected chi connectivity index (χ1v) is 6.29. The van der Waals surface area contributed by atoms with Crippen LogP contribution in [0.25, 0.3) is 0 Å². The molecule has 0 saturated heterocycles. The number of esters is 1. The van der Waals surface area contributed by atoms with Crippen LogP contribution in [0.4, 0.5) is 0 Å². The molecule has 1 aliphatic carbocycles. The zero-order chi connectivity index (χ0) is 16.3. The van der Waals surface area contributed by atoms with E-state index < -0.39 is 13.0 Å². The average molecular weight is 268 g/mol. The Labute approximate surface area is 116 Å². The van der Waals surface area contributed by atoms with Crippen LogP contribution in [0.5, 0.6) is 0 Å². The summed E-state index contributed by atoms with van der Waals surface area (Å²) in [5.74, 6) is -0.654. The topological polar surface area (TPSA) is 57.5 Å². The number of hydrogen-bond acceptors (Lipinski definition) is 4. The molecule has 1 heterocycles. The van der Waals surface area contributed by atoms with E-state index in [9.17, 15) is 9.59 Å². The zero-order valence-corrected chi connectivity index (χ0v) is 10.8. The maximum atomic E-state index is 12.3. The number of carbonyl (C=O) groups excluding carboxylic acids is 1. The average Bonchev–Trinajstić information content (AvgIpc) is 2.46. The van der Waals surface area contributed by atoms with Crippen LogP contribution in [-0.2, 0) is 9.47 Å². The second kappa shape index (κ2) is 6.02. The molecule has 5 nitrogen and oxygen atoms in total. The van der Waals surface area contributed by atoms with Crippen molar-refractivity contribution in [2.45, 2.75) is 37.8 Å². The van der Waals surface area contributed by atoms with Crippen molar-refractivity contribution in [2.24, 2.45) is 0 Å². The van der Waals surface area contributed by atoms with Gasteiger partial charge in [0.15, 0.2) is 0 Å². The standard InChI is InChI=1S/C14H19NO4/c1-18-11-7-5-10(6-8-11)15-9-3-4-12(13(15)16)14(17)19-2/h3-4,9-11H,5-8H2,1-2H3/i1D3. The number of rotatable bonds is 3. The molecule has 0 N–H and O–H groups in total. The molecule has 0 bridgehead atoms. The van der Waals surface area contributed by atoms with E-state index in [0.29, 0.717) is 25.7 Å². The highest BCUT2D eigenvalue weighted by atomic mass is 16.5. The predicted octanol–water partition coefficient (Wildman–Crippen LogP) is 1.76. The van der Waals surface area contributed by atoms with Crippen molar-refractivity contribution in [1.82, 2.24) is 4.57 Å². The van der Waals surface area contributed by atoms with Gasteiger partial charge in [-0.15, -0.1) is 0 Å². The van der Waals surface area contributed by atoms with Gasteiger partial charge in [-0.05, 0) is 37.8 Å². The van der Waals surface area contributed by atoms with E-state index in [0.717, 1.165) is 0 Å². The van der Waals surface area contributed by atoms with Gasteiger partial charge < -0.3 is 14.0 Å². The number of ether oxygens (including phenoxy) is 2. The van der Waals surface area contributed by atoms with Crippen molar-refractivity contribution >= 4 is 5.97 Å². The lowest BCUT2D eigenvalue weighted by molar-refractivity contribution is 0.0565. The number of carbonyl (C=O) groups is 1. The smallest absolute Gasteiger partial charge is 0.343 e. The molecule has 0 unspecified atom stereocenters. The second-order valence-corrected chi connectivity index (χ2v) is 4.67. The largest absolute Gasteiger partial charge is 0.465 e. The lowest BCUT2D eigenvalue weighted by Gasteiger charge is -2.29. The second-order valence-electron chi connectivity index (χ2n) is 4.67. The van der Waals surface area contributed by atoms with Gasteiger partial charge in [-0.25, -0.2) is 4.79 Å². The van der Waals surface area contributed by atoms with Gasteiger partial charge in [0.25, 0.3) is 5.56 Å². The molecule has 5 heteroatoms. The van der Waals surface area contributed by atoms with Crippen LogP contribution in [-0.4, -0.2) is 30.8 Å². The molecule has 0 atom stereocenters. The van der Waals surface area contributed by atoms with Crippen LogP contribution in [0.2, 0.25) is 0 Å². The summed E-state index contributed by atoms with van der Waals surface area (Å²) in [7, 11) is -1.16. The molecule has 1 fully saturated rings. The van der Waals surface area contributed by atoms with Gasteiger partial charge in [0.1, 0.15) is 5.56 Å². The van der Waals surface area contributed by atoms with Gasteiger partial charge in [0.05, 0.1) is 17.3 Å². The van der Waals surface area contributed by atoms with Gasteiger partial charge in [-0.2, -0.15) is 0 Å². The van der Waals surface area contributed by atoms with Gasteiger partial charge in [-0.3, -0.25) is 4.79 Å². The van der Waals surface area contributed by atoms with E-state index in [1.165, 1.54) is 17.7 Å². The monoisotopic (exact) mass is 268 g/mol. The Morgan fingerprint density at radius 1 is 1.42 bits per heavy atom. The molecule has 0 aromatic carbocycles. The first kappa shape index (κ1) is 10.2. The molecule has 1 saturated carbocycles. The summed E-state index contributed by atoms with van der Waals surface area (Å²) in [4.78, 5) is 23.9. The van der Waals surface area contributed by atoms with Crippen molar-refractivity contribution in [3.63, 3.8) is 0 Å². The minimum Gasteiger partial charge on any atom is -0.465 e. The Hall–Kier alpha value is -1.62. The summed E-state index contributed by atoms with van der Waals surface area (Å²) < 4.78 is 32.5. The number of pyridine rings is 1. The van der Waals surface area contributed by atoms with Crippen LogP contribution in [0.3, 0.4) is 0 Å². The van der Waals surface area contributed by atoms with E-state index >= 15 is 0 Å². The van der Waals surface area contributed by atoms with Crippen molar-refractivity contribution in [3.8, 4) is 0 Å². The minimum absolute atomic E-state index is 0.00543. The summed E-state index contributed by atoms with van der Waals surface area (Å²) in [6.07, 6.45) is 3.72. The summed E-state index contributed by atoms with van der Waals surface area (Å²) >= 11 is 0.